The number of rotatable bonds is 2. The predicted octanol–water partition coefficient (Wildman–Crippen LogP) is 10.2. The van der Waals surface area contributed by atoms with Crippen molar-refractivity contribution in [3.05, 3.63) is 126 Å². The molecule has 1 heteroatoms. The van der Waals surface area contributed by atoms with Gasteiger partial charge in [-0.3, -0.25) is 0 Å². The van der Waals surface area contributed by atoms with E-state index in [1.54, 1.807) is 11.1 Å². The average molecular weight is 528 g/mol. The van der Waals surface area contributed by atoms with Crippen LogP contribution in [0.4, 0.5) is 0 Å². The second-order valence-corrected chi connectivity index (χ2v) is 13.4. The fraction of sp³-hybridized carbons (Fsp3) is 0.250. The second kappa shape index (κ2) is 8.01. The molecule has 1 heterocycles. The molecule has 1 spiro atoms. The van der Waals surface area contributed by atoms with Gasteiger partial charge in [-0.15, -0.1) is 0 Å². The first-order valence-corrected chi connectivity index (χ1v) is 15.6. The summed E-state index contributed by atoms with van der Waals surface area (Å²) >= 11 is 0. The van der Waals surface area contributed by atoms with E-state index in [-0.39, 0.29) is 5.41 Å². The highest BCUT2D eigenvalue weighted by Crippen LogP contribution is 2.70. The molecule has 0 aliphatic heterocycles. The molecule has 0 radical (unpaired) electrons. The summed E-state index contributed by atoms with van der Waals surface area (Å²) in [6.07, 6.45) is 7.14. The topological polar surface area (TPSA) is 4.93 Å². The normalized spacial score (nSPS) is 27.1. The first-order chi connectivity index (χ1) is 20.3. The highest BCUT2D eigenvalue weighted by molar-refractivity contribution is 6.14. The van der Waals surface area contributed by atoms with Crippen LogP contribution in [0.25, 0.3) is 49.7 Å². The van der Waals surface area contributed by atoms with Gasteiger partial charge < -0.3 is 4.57 Å². The lowest BCUT2D eigenvalue weighted by Gasteiger charge is -2.61. The van der Waals surface area contributed by atoms with Crippen molar-refractivity contribution in [2.75, 3.05) is 0 Å². The Balaban J connectivity index is 1.27. The molecule has 0 atom stereocenters. The Morgan fingerprint density at radius 1 is 0.512 bits per heavy atom. The lowest BCUT2D eigenvalue weighted by Crippen LogP contribution is -2.55. The Labute approximate surface area is 241 Å². The molecule has 4 bridgehead atoms. The Bertz CT molecular complexity index is 1960. The van der Waals surface area contributed by atoms with Crippen LogP contribution in [0.3, 0.4) is 0 Å². The second-order valence-electron chi connectivity index (χ2n) is 13.4. The van der Waals surface area contributed by atoms with Crippen molar-refractivity contribution >= 4 is 21.8 Å². The summed E-state index contributed by atoms with van der Waals surface area (Å²) in [4.78, 5) is 0. The molecule has 1 aromatic heterocycles. The molecule has 5 aliphatic rings. The van der Waals surface area contributed by atoms with Gasteiger partial charge in [-0.05, 0) is 113 Å². The fourth-order valence-electron chi connectivity index (χ4n) is 10.4. The molecular weight excluding hydrogens is 494 g/mol. The Kier molecular flexibility index (Phi) is 4.41. The molecule has 5 aromatic carbocycles. The molecule has 1 nitrogen and oxygen atoms in total. The van der Waals surface area contributed by atoms with E-state index in [1.165, 1.54) is 81.9 Å². The zero-order valence-electron chi connectivity index (χ0n) is 23.3. The Morgan fingerprint density at radius 2 is 1.17 bits per heavy atom. The monoisotopic (exact) mass is 527 g/mol. The number of hydrogen-bond acceptors (Lipinski definition) is 0. The predicted molar refractivity (Wildman–Crippen MR) is 169 cm³/mol. The van der Waals surface area contributed by atoms with E-state index in [9.17, 15) is 0 Å². The highest BCUT2D eigenvalue weighted by atomic mass is 15.0. The number of aromatic nitrogens is 1. The van der Waals surface area contributed by atoms with Crippen LogP contribution in [-0.2, 0) is 5.41 Å². The molecule has 11 rings (SSSR count). The molecule has 41 heavy (non-hydrogen) atoms. The van der Waals surface area contributed by atoms with Crippen molar-refractivity contribution in [1.29, 1.82) is 0 Å². The maximum atomic E-state index is 2.53. The summed E-state index contributed by atoms with van der Waals surface area (Å²) in [5, 5.41) is 2.92. The molecule has 4 saturated carbocycles. The van der Waals surface area contributed by atoms with E-state index in [0.29, 0.717) is 0 Å². The van der Waals surface area contributed by atoms with Crippen molar-refractivity contribution in [3.63, 3.8) is 0 Å². The molecule has 0 unspecified atom stereocenters. The minimum Gasteiger partial charge on any atom is -0.309 e. The summed E-state index contributed by atoms with van der Waals surface area (Å²) in [5.74, 6) is 3.42. The molecule has 0 saturated heterocycles. The molecule has 4 fully saturated rings. The van der Waals surface area contributed by atoms with Gasteiger partial charge >= 0.3 is 0 Å². The molecular formula is C40H33N. The summed E-state index contributed by atoms with van der Waals surface area (Å²) in [6, 6.07) is 43.5. The van der Waals surface area contributed by atoms with Crippen molar-refractivity contribution in [3.8, 4) is 27.9 Å². The SMILES string of the molecule is c1ccc(-c2ccc(-n3c4ccccc4c4c5c(ccc43)-c3ccccc3C53C4CC5CC(C4)CC3C5)cc2)cc1. The standard InChI is InChI=1S/C40H33N/c1-2-8-27(9-3-1)28-14-16-31(17-15-28)41-36-13-7-5-11-34(36)38-37(41)19-18-33-32-10-4-6-12-35(32)40(39(33)38)29-21-25-20-26(23-29)24-30(40)22-25/h1-19,25-26,29-30H,20-24H2. The van der Waals surface area contributed by atoms with Crippen LogP contribution in [-0.4, -0.2) is 4.57 Å². The summed E-state index contributed by atoms with van der Waals surface area (Å²) < 4.78 is 2.53. The van der Waals surface area contributed by atoms with E-state index in [4.69, 9.17) is 0 Å². The number of nitrogens with zero attached hydrogens (tertiary/aromatic N) is 1. The van der Waals surface area contributed by atoms with Gasteiger partial charge in [0.1, 0.15) is 0 Å². The van der Waals surface area contributed by atoms with Crippen LogP contribution in [0.2, 0.25) is 0 Å². The molecule has 0 amide bonds. The lowest BCUT2D eigenvalue weighted by atomic mass is 9.43. The van der Waals surface area contributed by atoms with Crippen molar-refractivity contribution in [2.45, 2.75) is 37.5 Å². The first-order valence-electron chi connectivity index (χ1n) is 15.6. The third-order valence-corrected chi connectivity index (χ3v) is 11.6. The summed E-state index contributed by atoms with van der Waals surface area (Å²) in [7, 11) is 0. The van der Waals surface area contributed by atoms with Crippen LogP contribution in [0.1, 0.15) is 43.2 Å². The van der Waals surface area contributed by atoms with Crippen LogP contribution in [0.15, 0.2) is 115 Å². The van der Waals surface area contributed by atoms with E-state index >= 15 is 0 Å². The largest absolute Gasteiger partial charge is 0.309 e. The van der Waals surface area contributed by atoms with Gasteiger partial charge in [-0.25, -0.2) is 0 Å². The van der Waals surface area contributed by atoms with Gasteiger partial charge in [-0.1, -0.05) is 91.0 Å². The molecule has 6 aromatic rings. The fourth-order valence-corrected chi connectivity index (χ4v) is 10.4. The van der Waals surface area contributed by atoms with Gasteiger partial charge in [0.2, 0.25) is 0 Å². The van der Waals surface area contributed by atoms with Gasteiger partial charge in [-0.2, -0.15) is 0 Å². The summed E-state index contributed by atoms with van der Waals surface area (Å²) in [6.45, 7) is 0. The van der Waals surface area contributed by atoms with Crippen LogP contribution < -0.4 is 0 Å². The van der Waals surface area contributed by atoms with Crippen molar-refractivity contribution < 1.29 is 0 Å². The third-order valence-electron chi connectivity index (χ3n) is 11.6. The zero-order valence-corrected chi connectivity index (χ0v) is 23.3. The van der Waals surface area contributed by atoms with Gasteiger partial charge in [0, 0.05) is 21.9 Å². The number of hydrogen-bond donors (Lipinski definition) is 0. The third kappa shape index (κ3) is 2.82. The lowest BCUT2D eigenvalue weighted by molar-refractivity contribution is -0.0393. The van der Waals surface area contributed by atoms with Gasteiger partial charge in [0.15, 0.2) is 0 Å². The maximum Gasteiger partial charge on any atom is 0.0544 e. The summed E-state index contributed by atoms with van der Waals surface area (Å²) in [5.41, 5.74) is 12.9. The number of fused-ring (bicyclic) bond motifs is 7. The zero-order chi connectivity index (χ0) is 26.7. The first kappa shape index (κ1) is 22.6. The minimum absolute atomic E-state index is 0.158. The molecule has 0 N–H and O–H groups in total. The number of para-hydroxylation sites is 1. The van der Waals surface area contributed by atoms with E-state index in [0.717, 1.165) is 23.7 Å². The van der Waals surface area contributed by atoms with Gasteiger partial charge in [0.05, 0.1) is 11.0 Å². The minimum atomic E-state index is 0.158. The Morgan fingerprint density at radius 3 is 1.95 bits per heavy atom. The van der Waals surface area contributed by atoms with Crippen LogP contribution in [0, 0.1) is 23.7 Å². The van der Waals surface area contributed by atoms with E-state index in [1.807, 2.05) is 0 Å². The van der Waals surface area contributed by atoms with Crippen molar-refractivity contribution in [1.82, 2.24) is 4.57 Å². The van der Waals surface area contributed by atoms with Crippen LogP contribution >= 0.6 is 0 Å². The quantitative estimate of drug-likeness (QED) is 0.211. The smallest absolute Gasteiger partial charge is 0.0544 e. The highest BCUT2D eigenvalue weighted by Gasteiger charge is 2.62. The molecule has 5 aliphatic carbocycles. The van der Waals surface area contributed by atoms with E-state index in [2.05, 4.69) is 120 Å². The number of benzene rings is 5. The average Bonchev–Trinajstić information content (AvgIpc) is 3.51. The van der Waals surface area contributed by atoms with Crippen molar-refractivity contribution in [2.24, 2.45) is 23.7 Å². The van der Waals surface area contributed by atoms with Gasteiger partial charge in [0.25, 0.3) is 0 Å². The van der Waals surface area contributed by atoms with Crippen LogP contribution in [0.5, 0.6) is 0 Å². The van der Waals surface area contributed by atoms with E-state index < -0.39 is 0 Å². The Hall–Kier alpha value is -4.10. The molecule has 198 valence electrons. The maximum absolute atomic E-state index is 2.53.